The maximum Gasteiger partial charge on any atom is 0.220 e. The van der Waals surface area contributed by atoms with Crippen molar-refractivity contribution in [1.29, 1.82) is 0 Å². The van der Waals surface area contributed by atoms with E-state index in [2.05, 4.69) is 12.2 Å². The third kappa shape index (κ3) is 5.20. The molecular weight excluding hydrogens is 222 g/mol. The molecule has 16 heavy (non-hydrogen) atoms. The summed E-state index contributed by atoms with van der Waals surface area (Å²) in [5.74, 6) is 0.702. The number of unbranched alkanes of at least 4 members (excludes halogenated alkanes) is 3. The topological polar surface area (TPSA) is 29.1 Å². The van der Waals surface area contributed by atoms with E-state index in [0.717, 1.165) is 19.4 Å². The molecule has 0 spiro atoms. The van der Waals surface area contributed by atoms with Crippen molar-refractivity contribution in [1.82, 2.24) is 5.32 Å². The number of halogens is 1. The summed E-state index contributed by atoms with van der Waals surface area (Å²) < 4.78 is 0. The van der Waals surface area contributed by atoms with Crippen LogP contribution in [0, 0.1) is 5.92 Å². The second-order valence-corrected chi connectivity index (χ2v) is 5.38. The monoisotopic (exact) mass is 245 g/mol. The molecule has 2 nitrogen and oxygen atoms in total. The number of carbonyl (C=O) groups is 1. The van der Waals surface area contributed by atoms with Gasteiger partial charge in [0.1, 0.15) is 0 Å². The fourth-order valence-electron chi connectivity index (χ4n) is 2.27. The quantitative estimate of drug-likeness (QED) is 0.540. The van der Waals surface area contributed by atoms with Crippen LogP contribution in [0.5, 0.6) is 0 Å². The van der Waals surface area contributed by atoms with Crippen LogP contribution in [0.15, 0.2) is 0 Å². The molecule has 3 heteroatoms. The molecule has 0 bridgehead atoms. The number of hydrogen-bond donors (Lipinski definition) is 1. The normalized spacial score (nSPS) is 24.6. The van der Waals surface area contributed by atoms with E-state index in [-0.39, 0.29) is 11.3 Å². The highest BCUT2D eigenvalue weighted by molar-refractivity contribution is 6.20. The lowest BCUT2D eigenvalue weighted by Crippen LogP contribution is -2.30. The van der Waals surface area contributed by atoms with E-state index in [1.807, 2.05) is 0 Å². The highest BCUT2D eigenvalue weighted by atomic mass is 35.5. The SMILES string of the molecule is CCCCCCC(=O)NCC1CCCC1Cl. The van der Waals surface area contributed by atoms with Gasteiger partial charge in [-0.15, -0.1) is 11.6 Å². The lowest BCUT2D eigenvalue weighted by atomic mass is 10.1. The molecule has 0 heterocycles. The molecule has 0 aromatic rings. The van der Waals surface area contributed by atoms with Crippen LogP contribution in [0.25, 0.3) is 0 Å². The summed E-state index contributed by atoms with van der Waals surface area (Å²) in [4.78, 5) is 11.5. The zero-order valence-electron chi connectivity index (χ0n) is 10.3. The second-order valence-electron chi connectivity index (χ2n) is 4.82. The molecule has 0 saturated heterocycles. The predicted molar refractivity (Wildman–Crippen MR) is 68.8 cm³/mol. The van der Waals surface area contributed by atoms with Crippen LogP contribution >= 0.6 is 11.6 Å². The predicted octanol–water partition coefficient (Wildman–Crippen LogP) is 3.48. The van der Waals surface area contributed by atoms with Crippen molar-refractivity contribution < 1.29 is 4.79 Å². The van der Waals surface area contributed by atoms with Gasteiger partial charge in [0.2, 0.25) is 5.91 Å². The minimum atomic E-state index is 0.201. The Morgan fingerprint density at radius 3 is 2.75 bits per heavy atom. The van der Waals surface area contributed by atoms with Gasteiger partial charge in [-0.1, -0.05) is 32.6 Å². The Balaban J connectivity index is 2.01. The van der Waals surface area contributed by atoms with Gasteiger partial charge in [0.25, 0.3) is 0 Å². The minimum absolute atomic E-state index is 0.201. The van der Waals surface area contributed by atoms with Crippen molar-refractivity contribution >= 4 is 17.5 Å². The largest absolute Gasteiger partial charge is 0.356 e. The fourth-order valence-corrected chi connectivity index (χ4v) is 2.64. The summed E-state index contributed by atoms with van der Waals surface area (Å²) in [6, 6.07) is 0. The Bertz CT molecular complexity index is 208. The molecule has 1 N–H and O–H groups in total. The Kier molecular flexibility index (Phi) is 6.86. The van der Waals surface area contributed by atoms with E-state index in [4.69, 9.17) is 11.6 Å². The van der Waals surface area contributed by atoms with Crippen LogP contribution in [0.2, 0.25) is 0 Å². The third-order valence-corrected chi connectivity index (χ3v) is 3.96. The van der Waals surface area contributed by atoms with Gasteiger partial charge in [-0.05, 0) is 25.2 Å². The highest BCUT2D eigenvalue weighted by Gasteiger charge is 2.25. The second kappa shape index (κ2) is 7.94. The molecule has 2 atom stereocenters. The van der Waals surface area contributed by atoms with Crippen molar-refractivity contribution in [3.63, 3.8) is 0 Å². The molecular formula is C13H24ClNO. The minimum Gasteiger partial charge on any atom is -0.356 e. The van der Waals surface area contributed by atoms with Crippen molar-refractivity contribution in [2.24, 2.45) is 5.92 Å². The van der Waals surface area contributed by atoms with Gasteiger partial charge in [0, 0.05) is 18.3 Å². The van der Waals surface area contributed by atoms with Crippen molar-refractivity contribution in [2.75, 3.05) is 6.54 Å². The van der Waals surface area contributed by atoms with Crippen molar-refractivity contribution in [3.8, 4) is 0 Å². The first kappa shape index (κ1) is 13.8. The summed E-state index contributed by atoms with van der Waals surface area (Å²) in [5, 5.41) is 3.29. The van der Waals surface area contributed by atoms with Gasteiger partial charge in [-0.2, -0.15) is 0 Å². The average molecular weight is 246 g/mol. The van der Waals surface area contributed by atoms with E-state index >= 15 is 0 Å². The number of hydrogen-bond acceptors (Lipinski definition) is 1. The summed E-state index contributed by atoms with van der Waals surface area (Å²) in [6.07, 6.45) is 8.82. The summed E-state index contributed by atoms with van der Waals surface area (Å²) in [7, 11) is 0. The van der Waals surface area contributed by atoms with Gasteiger partial charge in [-0.25, -0.2) is 0 Å². The zero-order chi connectivity index (χ0) is 11.8. The first-order valence-electron chi connectivity index (χ1n) is 6.64. The third-order valence-electron chi connectivity index (χ3n) is 3.39. The van der Waals surface area contributed by atoms with Crippen LogP contribution in [-0.2, 0) is 4.79 Å². The molecule has 94 valence electrons. The van der Waals surface area contributed by atoms with E-state index in [0.29, 0.717) is 12.3 Å². The van der Waals surface area contributed by atoms with Gasteiger partial charge in [0.15, 0.2) is 0 Å². The standard InChI is InChI=1S/C13H24ClNO/c1-2-3-4-5-9-13(16)15-10-11-7-6-8-12(11)14/h11-12H,2-10H2,1H3,(H,15,16). The van der Waals surface area contributed by atoms with Crippen LogP contribution in [0.3, 0.4) is 0 Å². The van der Waals surface area contributed by atoms with Gasteiger partial charge in [0.05, 0.1) is 0 Å². The number of amides is 1. The highest BCUT2D eigenvalue weighted by Crippen LogP contribution is 2.29. The van der Waals surface area contributed by atoms with E-state index in [1.165, 1.54) is 32.1 Å². The molecule has 1 aliphatic carbocycles. The molecule has 1 rings (SSSR count). The Labute approximate surface area is 104 Å². The smallest absolute Gasteiger partial charge is 0.220 e. The number of alkyl halides is 1. The number of rotatable bonds is 7. The summed E-state index contributed by atoms with van der Waals surface area (Å²) >= 11 is 6.16. The lowest BCUT2D eigenvalue weighted by Gasteiger charge is -2.14. The molecule has 0 aromatic heterocycles. The molecule has 1 fully saturated rings. The first-order chi connectivity index (χ1) is 7.74. The van der Waals surface area contributed by atoms with Crippen molar-refractivity contribution in [3.05, 3.63) is 0 Å². The number of carbonyl (C=O) groups excluding carboxylic acids is 1. The maximum atomic E-state index is 11.5. The fraction of sp³-hybridized carbons (Fsp3) is 0.923. The van der Waals surface area contributed by atoms with Crippen LogP contribution in [-0.4, -0.2) is 17.8 Å². The number of nitrogens with one attached hydrogen (secondary N) is 1. The Hall–Kier alpha value is -0.240. The molecule has 2 unspecified atom stereocenters. The summed E-state index contributed by atoms with van der Waals surface area (Å²) in [6.45, 7) is 2.96. The average Bonchev–Trinajstić information content (AvgIpc) is 2.67. The Morgan fingerprint density at radius 1 is 1.31 bits per heavy atom. The summed E-state index contributed by atoms with van der Waals surface area (Å²) in [5.41, 5.74) is 0. The molecule has 0 aromatic carbocycles. The van der Waals surface area contributed by atoms with Gasteiger partial charge in [-0.3, -0.25) is 4.79 Å². The van der Waals surface area contributed by atoms with E-state index in [9.17, 15) is 4.79 Å². The molecule has 0 aliphatic heterocycles. The molecule has 0 radical (unpaired) electrons. The molecule has 1 aliphatic rings. The van der Waals surface area contributed by atoms with Crippen LogP contribution in [0.4, 0.5) is 0 Å². The van der Waals surface area contributed by atoms with Crippen molar-refractivity contribution in [2.45, 2.75) is 63.7 Å². The van der Waals surface area contributed by atoms with E-state index < -0.39 is 0 Å². The van der Waals surface area contributed by atoms with Crippen LogP contribution in [0.1, 0.15) is 58.3 Å². The van der Waals surface area contributed by atoms with Gasteiger partial charge >= 0.3 is 0 Å². The van der Waals surface area contributed by atoms with Gasteiger partial charge < -0.3 is 5.32 Å². The first-order valence-corrected chi connectivity index (χ1v) is 7.08. The van der Waals surface area contributed by atoms with Crippen LogP contribution < -0.4 is 5.32 Å². The molecule has 1 amide bonds. The van der Waals surface area contributed by atoms with E-state index in [1.54, 1.807) is 0 Å². The maximum absolute atomic E-state index is 11.5. The molecule has 1 saturated carbocycles. The zero-order valence-corrected chi connectivity index (χ0v) is 11.1. The lowest BCUT2D eigenvalue weighted by molar-refractivity contribution is -0.121. The Morgan fingerprint density at radius 2 is 2.12 bits per heavy atom.